The minimum atomic E-state index is 0.240. The molecule has 4 heteroatoms. The SMILES string of the molecule is Oc1ccc(-c2cnc3ncc(-c4ccc(O)cc4)cc3c2)cc1. The van der Waals surface area contributed by atoms with Crippen LogP contribution in [0.3, 0.4) is 0 Å². The van der Waals surface area contributed by atoms with E-state index in [0.29, 0.717) is 5.65 Å². The van der Waals surface area contributed by atoms with Crippen LogP contribution in [0.2, 0.25) is 0 Å². The number of phenolic OH excluding ortho intramolecular Hbond substituents is 2. The highest BCUT2D eigenvalue weighted by atomic mass is 16.3. The van der Waals surface area contributed by atoms with Crippen LogP contribution in [-0.2, 0) is 0 Å². The Bertz CT molecular complexity index is 930. The highest BCUT2D eigenvalue weighted by Crippen LogP contribution is 2.27. The second-order valence-corrected chi connectivity index (χ2v) is 5.59. The monoisotopic (exact) mass is 314 g/mol. The van der Waals surface area contributed by atoms with E-state index in [4.69, 9.17) is 0 Å². The van der Waals surface area contributed by atoms with E-state index in [0.717, 1.165) is 27.6 Å². The molecular weight excluding hydrogens is 300 g/mol. The van der Waals surface area contributed by atoms with Crippen molar-refractivity contribution in [3.8, 4) is 33.8 Å². The second-order valence-electron chi connectivity index (χ2n) is 5.59. The van der Waals surface area contributed by atoms with Crippen LogP contribution in [-0.4, -0.2) is 20.2 Å². The Balaban J connectivity index is 1.80. The Hall–Kier alpha value is -3.40. The largest absolute Gasteiger partial charge is 0.508 e. The molecule has 4 aromatic rings. The highest BCUT2D eigenvalue weighted by Gasteiger charge is 2.05. The summed E-state index contributed by atoms with van der Waals surface area (Å²) >= 11 is 0. The molecule has 0 bridgehead atoms. The van der Waals surface area contributed by atoms with Crippen molar-refractivity contribution in [1.82, 2.24) is 9.97 Å². The summed E-state index contributed by atoms with van der Waals surface area (Å²) in [6, 6.07) is 18.1. The molecule has 4 rings (SSSR count). The van der Waals surface area contributed by atoms with Crippen LogP contribution in [0.4, 0.5) is 0 Å². The van der Waals surface area contributed by atoms with E-state index < -0.39 is 0 Å². The normalized spacial score (nSPS) is 10.8. The molecule has 0 aliphatic heterocycles. The maximum absolute atomic E-state index is 9.41. The van der Waals surface area contributed by atoms with Crippen molar-refractivity contribution in [3.05, 3.63) is 73.1 Å². The lowest BCUT2D eigenvalue weighted by Gasteiger charge is -2.06. The number of hydrogen-bond donors (Lipinski definition) is 2. The molecular formula is C20H14N2O2. The Morgan fingerprint density at radius 3 is 1.38 bits per heavy atom. The van der Waals surface area contributed by atoms with Gasteiger partial charge in [-0.2, -0.15) is 0 Å². The Kier molecular flexibility index (Phi) is 3.35. The van der Waals surface area contributed by atoms with Gasteiger partial charge in [0.15, 0.2) is 5.65 Å². The number of fused-ring (bicyclic) bond motifs is 1. The third-order valence-electron chi connectivity index (χ3n) is 3.93. The van der Waals surface area contributed by atoms with Crippen molar-refractivity contribution in [2.45, 2.75) is 0 Å². The highest BCUT2D eigenvalue weighted by molar-refractivity contribution is 5.84. The molecule has 2 heterocycles. The fraction of sp³-hybridized carbons (Fsp3) is 0. The molecule has 4 nitrogen and oxygen atoms in total. The fourth-order valence-corrected chi connectivity index (χ4v) is 2.65. The summed E-state index contributed by atoms with van der Waals surface area (Å²) < 4.78 is 0. The third-order valence-corrected chi connectivity index (χ3v) is 3.93. The Labute approximate surface area is 138 Å². The first kappa shape index (κ1) is 14.2. The van der Waals surface area contributed by atoms with Gasteiger partial charge in [0.25, 0.3) is 0 Å². The smallest absolute Gasteiger partial charge is 0.159 e. The maximum atomic E-state index is 9.41. The van der Waals surface area contributed by atoms with Crippen LogP contribution in [0.5, 0.6) is 11.5 Å². The van der Waals surface area contributed by atoms with Crippen molar-refractivity contribution < 1.29 is 10.2 Å². The van der Waals surface area contributed by atoms with Gasteiger partial charge in [-0.05, 0) is 47.5 Å². The van der Waals surface area contributed by atoms with Crippen LogP contribution in [0.25, 0.3) is 33.3 Å². The molecule has 116 valence electrons. The first-order valence-corrected chi connectivity index (χ1v) is 7.54. The quantitative estimate of drug-likeness (QED) is 0.576. The molecule has 2 aromatic carbocycles. The predicted molar refractivity (Wildman–Crippen MR) is 93.7 cm³/mol. The van der Waals surface area contributed by atoms with Gasteiger partial charge in [-0.1, -0.05) is 24.3 Å². The minimum absolute atomic E-state index is 0.240. The van der Waals surface area contributed by atoms with Crippen LogP contribution in [0.1, 0.15) is 0 Å². The van der Waals surface area contributed by atoms with Gasteiger partial charge in [0.2, 0.25) is 0 Å². The number of pyridine rings is 2. The van der Waals surface area contributed by atoms with Crippen LogP contribution in [0, 0.1) is 0 Å². The molecule has 2 N–H and O–H groups in total. The van der Waals surface area contributed by atoms with Crippen LogP contribution in [0.15, 0.2) is 73.1 Å². The van der Waals surface area contributed by atoms with Gasteiger partial charge >= 0.3 is 0 Å². The Morgan fingerprint density at radius 1 is 0.542 bits per heavy atom. The second kappa shape index (κ2) is 5.66. The molecule has 0 saturated heterocycles. The summed E-state index contributed by atoms with van der Waals surface area (Å²) in [6.07, 6.45) is 3.56. The first-order valence-electron chi connectivity index (χ1n) is 7.54. The van der Waals surface area contributed by atoms with Gasteiger partial charge in [0, 0.05) is 28.9 Å². The van der Waals surface area contributed by atoms with Gasteiger partial charge in [-0.15, -0.1) is 0 Å². The molecule has 0 amide bonds. The number of phenols is 2. The summed E-state index contributed by atoms with van der Waals surface area (Å²) in [6.45, 7) is 0. The lowest BCUT2D eigenvalue weighted by molar-refractivity contribution is 0.475. The van der Waals surface area contributed by atoms with Gasteiger partial charge in [0.05, 0.1) is 0 Å². The standard InChI is InChI=1S/C20H14N2O2/c23-18-5-1-13(2-6-18)16-9-15-10-17(12-22-20(15)21-11-16)14-3-7-19(24)8-4-14/h1-12,23-24H. The summed E-state index contributed by atoms with van der Waals surface area (Å²) in [5.41, 5.74) is 4.58. The molecule has 0 fully saturated rings. The molecule has 0 radical (unpaired) electrons. The molecule has 0 aliphatic rings. The average molecular weight is 314 g/mol. The summed E-state index contributed by atoms with van der Waals surface area (Å²) in [5.74, 6) is 0.479. The van der Waals surface area contributed by atoms with Crippen molar-refractivity contribution >= 4 is 11.0 Å². The van der Waals surface area contributed by atoms with Crippen molar-refractivity contribution in [2.24, 2.45) is 0 Å². The van der Waals surface area contributed by atoms with Gasteiger partial charge in [0.1, 0.15) is 11.5 Å². The molecule has 0 unspecified atom stereocenters. The summed E-state index contributed by atoms with van der Waals surface area (Å²) in [5, 5.41) is 19.8. The molecule has 0 saturated carbocycles. The molecule has 0 spiro atoms. The van der Waals surface area contributed by atoms with Crippen LogP contribution < -0.4 is 0 Å². The van der Waals surface area contributed by atoms with Crippen molar-refractivity contribution in [3.63, 3.8) is 0 Å². The zero-order chi connectivity index (χ0) is 16.5. The van der Waals surface area contributed by atoms with E-state index >= 15 is 0 Å². The van der Waals surface area contributed by atoms with E-state index in [2.05, 4.69) is 9.97 Å². The number of rotatable bonds is 2. The number of aromatic nitrogens is 2. The lowest BCUT2D eigenvalue weighted by atomic mass is 10.0. The predicted octanol–water partition coefficient (Wildman–Crippen LogP) is 4.38. The van der Waals surface area contributed by atoms with E-state index in [1.807, 2.05) is 36.4 Å². The minimum Gasteiger partial charge on any atom is -0.508 e. The summed E-state index contributed by atoms with van der Waals surface area (Å²) in [7, 11) is 0. The van der Waals surface area contributed by atoms with E-state index in [1.54, 1.807) is 36.7 Å². The van der Waals surface area contributed by atoms with Crippen LogP contribution >= 0.6 is 0 Å². The van der Waals surface area contributed by atoms with Crippen molar-refractivity contribution in [2.75, 3.05) is 0 Å². The average Bonchev–Trinajstić information content (AvgIpc) is 2.62. The van der Waals surface area contributed by atoms with Crippen molar-refractivity contribution in [1.29, 1.82) is 0 Å². The molecule has 0 atom stereocenters. The molecule has 0 aliphatic carbocycles. The third kappa shape index (κ3) is 2.65. The molecule has 24 heavy (non-hydrogen) atoms. The fourth-order valence-electron chi connectivity index (χ4n) is 2.65. The topological polar surface area (TPSA) is 66.2 Å². The number of nitrogens with zero attached hydrogens (tertiary/aromatic N) is 2. The van der Waals surface area contributed by atoms with Gasteiger partial charge in [-0.25, -0.2) is 9.97 Å². The molecule has 2 aromatic heterocycles. The lowest BCUT2D eigenvalue weighted by Crippen LogP contribution is -1.88. The van der Waals surface area contributed by atoms with Gasteiger partial charge in [-0.3, -0.25) is 0 Å². The zero-order valence-corrected chi connectivity index (χ0v) is 12.7. The van der Waals surface area contributed by atoms with Gasteiger partial charge < -0.3 is 10.2 Å². The summed E-state index contributed by atoms with van der Waals surface area (Å²) in [4.78, 5) is 8.83. The first-order chi connectivity index (χ1) is 11.7. The van der Waals surface area contributed by atoms with E-state index in [9.17, 15) is 10.2 Å². The maximum Gasteiger partial charge on any atom is 0.159 e. The Morgan fingerprint density at radius 2 is 0.958 bits per heavy atom. The van der Waals surface area contributed by atoms with E-state index in [1.165, 1.54) is 0 Å². The number of benzene rings is 2. The zero-order valence-electron chi connectivity index (χ0n) is 12.7. The van der Waals surface area contributed by atoms with E-state index in [-0.39, 0.29) is 11.5 Å². The number of aromatic hydroxyl groups is 2. The number of hydrogen-bond acceptors (Lipinski definition) is 4.